The van der Waals surface area contributed by atoms with Crippen molar-refractivity contribution in [3.05, 3.63) is 34.9 Å². The van der Waals surface area contributed by atoms with E-state index in [1.807, 2.05) is 6.07 Å². The van der Waals surface area contributed by atoms with E-state index in [-0.39, 0.29) is 5.56 Å². The lowest BCUT2D eigenvalue weighted by Crippen LogP contribution is -2.27. The lowest BCUT2D eigenvalue weighted by molar-refractivity contribution is 0.148. The molecule has 0 aromatic heterocycles. The minimum Gasteiger partial charge on any atom is -0.205 e. The maximum Gasteiger partial charge on any atom is 0.264 e. The van der Waals surface area contributed by atoms with Crippen LogP contribution < -0.4 is 0 Å². The largest absolute Gasteiger partial charge is 0.264 e. The van der Waals surface area contributed by atoms with Crippen molar-refractivity contribution >= 4 is 0 Å². The third-order valence-corrected chi connectivity index (χ3v) is 4.89. The summed E-state index contributed by atoms with van der Waals surface area (Å²) in [6.07, 6.45) is 3.28. The van der Waals surface area contributed by atoms with Crippen LogP contribution in [0.3, 0.4) is 0 Å². The van der Waals surface area contributed by atoms with Gasteiger partial charge in [0, 0.05) is 5.56 Å². The molecule has 0 aliphatic heterocycles. The van der Waals surface area contributed by atoms with Gasteiger partial charge in [-0.05, 0) is 48.1 Å². The van der Waals surface area contributed by atoms with E-state index >= 15 is 0 Å². The minimum atomic E-state index is -2.32. The number of fused-ring (bicyclic) bond motifs is 3. The molecule has 2 heteroatoms. The fourth-order valence-electron chi connectivity index (χ4n) is 3.92. The molecule has 2 atom stereocenters. The summed E-state index contributed by atoms with van der Waals surface area (Å²) in [6, 6.07) is 5.49. The summed E-state index contributed by atoms with van der Waals surface area (Å²) in [5.74, 6) is 0.518. The Morgan fingerprint density at radius 1 is 1.29 bits per heavy atom. The molecule has 1 fully saturated rings. The first-order valence-corrected chi connectivity index (χ1v) is 6.52. The zero-order valence-electron chi connectivity index (χ0n) is 10.2. The van der Waals surface area contributed by atoms with Crippen LogP contribution in [0.15, 0.2) is 18.2 Å². The standard InChI is InChI=1S/C15H18F2/c1-15-8-3-6-13(15)11-4-2-5-12(14(16)17)10(11)7-9-15/h2,4-5,13-14H,3,6-9H2,1H3/t13-,15-/m1/s1. The maximum atomic E-state index is 13.0. The van der Waals surface area contributed by atoms with Crippen LogP contribution in [0.4, 0.5) is 8.78 Å². The predicted molar refractivity (Wildman–Crippen MR) is 64.4 cm³/mol. The van der Waals surface area contributed by atoms with Gasteiger partial charge in [0.2, 0.25) is 0 Å². The van der Waals surface area contributed by atoms with E-state index in [1.165, 1.54) is 24.8 Å². The Morgan fingerprint density at radius 2 is 2.12 bits per heavy atom. The number of halogens is 2. The molecule has 0 amide bonds. The van der Waals surface area contributed by atoms with Crippen LogP contribution >= 0.6 is 0 Å². The Morgan fingerprint density at radius 3 is 2.88 bits per heavy atom. The maximum absolute atomic E-state index is 13.0. The molecular formula is C15H18F2. The van der Waals surface area contributed by atoms with Crippen molar-refractivity contribution in [3.63, 3.8) is 0 Å². The van der Waals surface area contributed by atoms with Crippen molar-refractivity contribution in [3.8, 4) is 0 Å². The molecule has 0 saturated heterocycles. The Bertz CT molecular complexity index is 439. The molecule has 0 heterocycles. The average Bonchev–Trinajstić information content (AvgIpc) is 2.70. The van der Waals surface area contributed by atoms with Crippen LogP contribution in [0.2, 0.25) is 0 Å². The first-order valence-electron chi connectivity index (χ1n) is 6.52. The highest BCUT2D eigenvalue weighted by atomic mass is 19.3. The molecule has 0 spiro atoms. The van der Waals surface area contributed by atoms with Gasteiger partial charge in [0.1, 0.15) is 0 Å². The molecule has 17 heavy (non-hydrogen) atoms. The monoisotopic (exact) mass is 236 g/mol. The van der Waals surface area contributed by atoms with Crippen LogP contribution in [0.5, 0.6) is 0 Å². The fraction of sp³-hybridized carbons (Fsp3) is 0.600. The van der Waals surface area contributed by atoms with E-state index in [1.54, 1.807) is 6.07 Å². The van der Waals surface area contributed by atoms with Gasteiger partial charge in [0.25, 0.3) is 6.43 Å². The lowest BCUT2D eigenvalue weighted by Gasteiger charge is -2.38. The molecule has 1 saturated carbocycles. The normalized spacial score (nSPS) is 31.4. The molecule has 92 valence electrons. The number of alkyl halides is 2. The smallest absolute Gasteiger partial charge is 0.205 e. The quantitative estimate of drug-likeness (QED) is 0.654. The second-order valence-corrected chi connectivity index (χ2v) is 5.81. The third kappa shape index (κ3) is 1.61. The first kappa shape index (κ1) is 11.2. The molecule has 0 radical (unpaired) electrons. The topological polar surface area (TPSA) is 0 Å². The third-order valence-electron chi connectivity index (χ3n) is 4.89. The summed E-state index contributed by atoms with van der Waals surface area (Å²) in [4.78, 5) is 0. The van der Waals surface area contributed by atoms with Crippen LogP contribution in [0, 0.1) is 5.41 Å². The van der Waals surface area contributed by atoms with Crippen molar-refractivity contribution in [2.45, 2.75) is 51.4 Å². The van der Waals surface area contributed by atoms with Gasteiger partial charge in [-0.1, -0.05) is 31.5 Å². The van der Waals surface area contributed by atoms with Gasteiger partial charge >= 0.3 is 0 Å². The summed E-state index contributed by atoms with van der Waals surface area (Å²) in [5.41, 5.74) is 2.81. The van der Waals surface area contributed by atoms with Crippen LogP contribution in [0.1, 0.15) is 61.6 Å². The minimum absolute atomic E-state index is 0.274. The average molecular weight is 236 g/mol. The number of hydrogen-bond donors (Lipinski definition) is 0. The molecule has 0 unspecified atom stereocenters. The van der Waals surface area contributed by atoms with Crippen LogP contribution in [0.25, 0.3) is 0 Å². The Balaban J connectivity index is 2.10. The second-order valence-electron chi connectivity index (χ2n) is 5.81. The van der Waals surface area contributed by atoms with Crippen molar-refractivity contribution in [2.75, 3.05) is 0 Å². The fourth-order valence-corrected chi connectivity index (χ4v) is 3.92. The molecule has 1 aromatic carbocycles. The summed E-state index contributed by atoms with van der Waals surface area (Å²) in [6.45, 7) is 2.34. The van der Waals surface area contributed by atoms with Crippen LogP contribution in [-0.2, 0) is 6.42 Å². The van der Waals surface area contributed by atoms with Crippen molar-refractivity contribution < 1.29 is 8.78 Å². The van der Waals surface area contributed by atoms with Gasteiger partial charge in [-0.25, -0.2) is 8.78 Å². The Kier molecular flexibility index (Phi) is 2.49. The number of rotatable bonds is 1. The summed E-state index contributed by atoms with van der Waals surface area (Å²) in [5, 5.41) is 0. The van der Waals surface area contributed by atoms with Gasteiger partial charge in [-0.3, -0.25) is 0 Å². The molecule has 0 N–H and O–H groups in total. The Labute approximate surface area is 101 Å². The second kappa shape index (κ2) is 3.79. The molecule has 0 bridgehead atoms. The highest BCUT2D eigenvalue weighted by Crippen LogP contribution is 2.56. The van der Waals surface area contributed by atoms with Crippen molar-refractivity contribution in [1.82, 2.24) is 0 Å². The van der Waals surface area contributed by atoms with Crippen LogP contribution in [-0.4, -0.2) is 0 Å². The lowest BCUT2D eigenvalue weighted by atomic mass is 9.66. The van der Waals surface area contributed by atoms with Gasteiger partial charge in [0.15, 0.2) is 0 Å². The van der Waals surface area contributed by atoms with Gasteiger partial charge in [-0.15, -0.1) is 0 Å². The van der Waals surface area contributed by atoms with E-state index in [4.69, 9.17) is 0 Å². The number of benzene rings is 1. The highest BCUT2D eigenvalue weighted by molar-refractivity contribution is 5.42. The molecule has 1 aromatic rings. The Hall–Kier alpha value is -0.920. The van der Waals surface area contributed by atoms with Gasteiger partial charge < -0.3 is 0 Å². The van der Waals surface area contributed by atoms with Gasteiger partial charge in [0.05, 0.1) is 0 Å². The summed E-state index contributed by atoms with van der Waals surface area (Å²) in [7, 11) is 0. The molecular weight excluding hydrogens is 218 g/mol. The van der Waals surface area contributed by atoms with E-state index in [0.717, 1.165) is 18.4 Å². The van der Waals surface area contributed by atoms with Gasteiger partial charge in [-0.2, -0.15) is 0 Å². The van der Waals surface area contributed by atoms with Crippen molar-refractivity contribution in [1.29, 1.82) is 0 Å². The molecule has 2 aliphatic carbocycles. The highest BCUT2D eigenvalue weighted by Gasteiger charge is 2.43. The van der Waals surface area contributed by atoms with E-state index < -0.39 is 6.43 Å². The van der Waals surface area contributed by atoms with E-state index in [9.17, 15) is 8.78 Å². The zero-order chi connectivity index (χ0) is 12.0. The zero-order valence-corrected chi connectivity index (χ0v) is 10.2. The molecule has 3 rings (SSSR count). The molecule has 2 aliphatic rings. The van der Waals surface area contributed by atoms with E-state index in [0.29, 0.717) is 11.3 Å². The number of hydrogen-bond acceptors (Lipinski definition) is 0. The predicted octanol–water partition coefficient (Wildman–Crippen LogP) is 4.84. The first-order chi connectivity index (χ1) is 8.12. The van der Waals surface area contributed by atoms with E-state index in [2.05, 4.69) is 13.0 Å². The molecule has 0 nitrogen and oxygen atoms in total. The summed E-state index contributed by atoms with van der Waals surface area (Å²) >= 11 is 0. The van der Waals surface area contributed by atoms with Crippen molar-refractivity contribution in [2.24, 2.45) is 5.41 Å². The summed E-state index contributed by atoms with van der Waals surface area (Å²) < 4.78 is 26.0. The SMILES string of the molecule is C[C@]12CCC[C@@H]1c1cccc(C(F)F)c1CC2.